The Hall–Kier alpha value is -1.20. The predicted molar refractivity (Wildman–Crippen MR) is 81.1 cm³/mol. The van der Waals surface area contributed by atoms with E-state index in [0.29, 0.717) is 24.9 Å². The van der Waals surface area contributed by atoms with Crippen molar-refractivity contribution in [3.8, 4) is 5.75 Å². The summed E-state index contributed by atoms with van der Waals surface area (Å²) in [7, 11) is 0. The average Bonchev–Trinajstić information content (AvgIpc) is 3.26. The number of carbonyl (C=O) groups is 1. The summed E-state index contributed by atoms with van der Waals surface area (Å²) < 4.78 is 11.4. The van der Waals surface area contributed by atoms with Crippen LogP contribution in [0.2, 0.25) is 0 Å². The number of hydrogen-bond donors (Lipinski definition) is 1. The molecule has 1 aromatic rings. The molecule has 2 unspecified atom stereocenters. The van der Waals surface area contributed by atoms with Gasteiger partial charge in [0.25, 0.3) is 5.91 Å². The SMILES string of the molecule is O=C(c1ccc(S)c(OC2CC2)c1)N1C2CCC1COC2. The van der Waals surface area contributed by atoms with Crippen LogP contribution in [0, 0.1) is 0 Å². The van der Waals surface area contributed by atoms with Crippen molar-refractivity contribution in [3.05, 3.63) is 23.8 Å². The summed E-state index contributed by atoms with van der Waals surface area (Å²) in [5, 5.41) is 0. The van der Waals surface area contributed by atoms with Gasteiger partial charge in [-0.05, 0) is 43.9 Å². The Bertz CT molecular complexity index is 557. The van der Waals surface area contributed by atoms with E-state index in [1.165, 1.54) is 0 Å². The summed E-state index contributed by atoms with van der Waals surface area (Å²) in [6, 6.07) is 6.02. The molecule has 1 aliphatic carbocycles. The quantitative estimate of drug-likeness (QED) is 0.872. The van der Waals surface area contributed by atoms with Crippen LogP contribution in [0.5, 0.6) is 5.75 Å². The van der Waals surface area contributed by atoms with Gasteiger partial charge in [0.15, 0.2) is 0 Å². The van der Waals surface area contributed by atoms with Crippen LogP contribution >= 0.6 is 12.6 Å². The van der Waals surface area contributed by atoms with Crippen LogP contribution in [0.1, 0.15) is 36.0 Å². The molecular formula is C16H19NO3S. The summed E-state index contributed by atoms with van der Waals surface area (Å²) in [6.07, 6.45) is 4.59. The van der Waals surface area contributed by atoms with E-state index in [4.69, 9.17) is 9.47 Å². The van der Waals surface area contributed by atoms with Crippen molar-refractivity contribution in [2.24, 2.45) is 0 Å². The molecule has 112 valence electrons. The Morgan fingerprint density at radius 1 is 1.19 bits per heavy atom. The first-order valence-corrected chi connectivity index (χ1v) is 8.07. The number of morpholine rings is 1. The number of fused-ring (bicyclic) bond motifs is 2. The molecule has 5 heteroatoms. The molecule has 3 fully saturated rings. The molecule has 1 amide bonds. The summed E-state index contributed by atoms with van der Waals surface area (Å²) in [4.78, 5) is 15.6. The number of amides is 1. The molecule has 0 radical (unpaired) electrons. The van der Waals surface area contributed by atoms with E-state index >= 15 is 0 Å². The molecule has 0 N–H and O–H groups in total. The third-order valence-corrected chi connectivity index (χ3v) is 4.87. The van der Waals surface area contributed by atoms with E-state index in [1.54, 1.807) is 0 Å². The van der Waals surface area contributed by atoms with Crippen LogP contribution in [-0.4, -0.2) is 42.2 Å². The molecule has 2 atom stereocenters. The lowest BCUT2D eigenvalue weighted by Crippen LogP contribution is -2.49. The Labute approximate surface area is 129 Å². The van der Waals surface area contributed by atoms with Crippen molar-refractivity contribution >= 4 is 18.5 Å². The number of rotatable bonds is 3. The molecular weight excluding hydrogens is 286 g/mol. The smallest absolute Gasteiger partial charge is 0.254 e. The van der Waals surface area contributed by atoms with E-state index in [1.807, 2.05) is 23.1 Å². The maximum absolute atomic E-state index is 12.8. The average molecular weight is 305 g/mol. The van der Waals surface area contributed by atoms with Crippen LogP contribution in [0.25, 0.3) is 0 Å². The number of carbonyl (C=O) groups excluding carboxylic acids is 1. The number of thiol groups is 1. The molecule has 0 aromatic heterocycles. The van der Waals surface area contributed by atoms with Gasteiger partial charge >= 0.3 is 0 Å². The molecule has 1 aromatic carbocycles. The van der Waals surface area contributed by atoms with Crippen molar-refractivity contribution < 1.29 is 14.3 Å². The van der Waals surface area contributed by atoms with Crippen molar-refractivity contribution in [3.63, 3.8) is 0 Å². The predicted octanol–water partition coefficient (Wildman–Crippen LogP) is 2.52. The fourth-order valence-corrected chi connectivity index (χ4v) is 3.41. The first-order chi connectivity index (χ1) is 10.2. The van der Waals surface area contributed by atoms with Gasteiger partial charge in [-0.15, -0.1) is 12.6 Å². The fraction of sp³-hybridized carbons (Fsp3) is 0.562. The van der Waals surface area contributed by atoms with Gasteiger partial charge in [-0.1, -0.05) is 0 Å². The summed E-state index contributed by atoms with van der Waals surface area (Å²) in [6.45, 7) is 1.33. The standard InChI is InChI=1S/C16H19NO3S/c18-16(17-11-2-3-12(17)9-19-8-11)10-1-6-15(21)14(7-10)20-13-4-5-13/h1,6-7,11-13,21H,2-5,8-9H2. The normalized spacial score (nSPS) is 27.8. The topological polar surface area (TPSA) is 38.8 Å². The summed E-state index contributed by atoms with van der Waals surface area (Å²) >= 11 is 4.42. The van der Waals surface area contributed by atoms with E-state index < -0.39 is 0 Å². The number of ether oxygens (including phenoxy) is 2. The lowest BCUT2D eigenvalue weighted by atomic mass is 10.1. The molecule has 3 aliphatic rings. The number of benzene rings is 1. The zero-order chi connectivity index (χ0) is 14.4. The Morgan fingerprint density at radius 2 is 1.90 bits per heavy atom. The van der Waals surface area contributed by atoms with Gasteiger partial charge in [0.05, 0.1) is 31.4 Å². The Morgan fingerprint density at radius 3 is 2.57 bits per heavy atom. The van der Waals surface area contributed by atoms with Gasteiger partial charge in [-0.25, -0.2) is 0 Å². The number of nitrogens with zero attached hydrogens (tertiary/aromatic N) is 1. The van der Waals surface area contributed by atoms with Crippen LogP contribution < -0.4 is 4.74 Å². The molecule has 2 heterocycles. The van der Waals surface area contributed by atoms with E-state index in [2.05, 4.69) is 12.6 Å². The molecule has 1 saturated carbocycles. The molecule has 0 spiro atoms. The van der Waals surface area contributed by atoms with E-state index in [-0.39, 0.29) is 18.0 Å². The third-order valence-electron chi connectivity index (χ3n) is 4.50. The van der Waals surface area contributed by atoms with Gasteiger partial charge < -0.3 is 14.4 Å². The molecule has 2 bridgehead atoms. The highest BCUT2D eigenvalue weighted by atomic mass is 32.1. The zero-order valence-electron chi connectivity index (χ0n) is 11.8. The highest BCUT2D eigenvalue weighted by Crippen LogP contribution is 2.34. The molecule has 2 aliphatic heterocycles. The highest BCUT2D eigenvalue weighted by molar-refractivity contribution is 7.80. The molecule has 21 heavy (non-hydrogen) atoms. The van der Waals surface area contributed by atoms with Crippen LogP contribution in [-0.2, 0) is 4.74 Å². The maximum atomic E-state index is 12.8. The largest absolute Gasteiger partial charge is 0.489 e. The minimum atomic E-state index is 0.0970. The zero-order valence-corrected chi connectivity index (χ0v) is 12.7. The van der Waals surface area contributed by atoms with Crippen molar-refractivity contribution in [2.45, 2.75) is 48.8 Å². The fourth-order valence-electron chi connectivity index (χ4n) is 3.22. The van der Waals surface area contributed by atoms with E-state index in [0.717, 1.165) is 36.3 Å². The van der Waals surface area contributed by atoms with Gasteiger partial charge in [-0.3, -0.25) is 4.79 Å². The second kappa shape index (κ2) is 5.21. The number of hydrogen-bond acceptors (Lipinski definition) is 4. The third kappa shape index (κ3) is 2.53. The van der Waals surface area contributed by atoms with Crippen LogP contribution in [0.4, 0.5) is 0 Å². The lowest BCUT2D eigenvalue weighted by molar-refractivity contribution is -0.00718. The van der Waals surface area contributed by atoms with Gasteiger partial charge in [0.1, 0.15) is 5.75 Å². The maximum Gasteiger partial charge on any atom is 0.254 e. The van der Waals surface area contributed by atoms with Crippen LogP contribution in [0.3, 0.4) is 0 Å². The minimum Gasteiger partial charge on any atom is -0.489 e. The van der Waals surface area contributed by atoms with Crippen LogP contribution in [0.15, 0.2) is 23.1 Å². The Kier molecular flexibility index (Phi) is 3.34. The summed E-state index contributed by atoms with van der Waals surface area (Å²) in [5.41, 5.74) is 0.697. The molecule has 4 nitrogen and oxygen atoms in total. The first-order valence-electron chi connectivity index (χ1n) is 7.62. The molecule has 4 rings (SSSR count). The van der Waals surface area contributed by atoms with Gasteiger partial charge in [-0.2, -0.15) is 0 Å². The highest BCUT2D eigenvalue weighted by Gasteiger charge is 2.40. The second-order valence-electron chi connectivity index (χ2n) is 6.13. The van der Waals surface area contributed by atoms with Crippen molar-refractivity contribution in [1.82, 2.24) is 4.90 Å². The Balaban J connectivity index is 1.59. The van der Waals surface area contributed by atoms with Crippen molar-refractivity contribution in [1.29, 1.82) is 0 Å². The van der Waals surface area contributed by atoms with Gasteiger partial charge in [0.2, 0.25) is 0 Å². The summed E-state index contributed by atoms with van der Waals surface area (Å²) in [5.74, 6) is 0.826. The lowest BCUT2D eigenvalue weighted by Gasteiger charge is -2.34. The van der Waals surface area contributed by atoms with E-state index in [9.17, 15) is 4.79 Å². The monoisotopic (exact) mass is 305 g/mol. The second-order valence-corrected chi connectivity index (χ2v) is 6.62. The minimum absolute atomic E-state index is 0.0970. The van der Waals surface area contributed by atoms with Crippen molar-refractivity contribution in [2.75, 3.05) is 13.2 Å². The first kappa shape index (κ1) is 13.5. The van der Waals surface area contributed by atoms with Gasteiger partial charge in [0, 0.05) is 10.5 Å². The molecule has 2 saturated heterocycles.